The van der Waals surface area contributed by atoms with E-state index in [0.717, 1.165) is 17.8 Å². The van der Waals surface area contributed by atoms with Crippen LogP contribution in [-0.2, 0) is 0 Å². The molecule has 1 aliphatic rings. The second kappa shape index (κ2) is 4.20. The topological polar surface area (TPSA) is 50.9 Å². The number of para-hydroxylation sites is 1. The van der Waals surface area contributed by atoms with E-state index in [1.165, 1.54) is 10.9 Å². The van der Waals surface area contributed by atoms with Crippen molar-refractivity contribution in [3.8, 4) is 0 Å². The summed E-state index contributed by atoms with van der Waals surface area (Å²) in [5, 5.41) is 4.76. The molecular formula is C16H21N3. The fraction of sp³-hybridized carbons (Fsp3) is 0.438. The lowest BCUT2D eigenvalue weighted by Gasteiger charge is -2.50. The number of nitrogens with one attached hydrogen (secondary N) is 1. The van der Waals surface area contributed by atoms with Crippen LogP contribution in [0.4, 0.5) is 5.82 Å². The highest BCUT2D eigenvalue weighted by atomic mass is 15.1. The Kier molecular flexibility index (Phi) is 2.75. The third kappa shape index (κ3) is 1.98. The molecule has 0 radical (unpaired) electrons. The third-order valence-electron chi connectivity index (χ3n) is 4.57. The Hall–Kier alpha value is -1.61. The zero-order valence-corrected chi connectivity index (χ0v) is 11.8. The predicted octanol–water partition coefficient (Wildman–Crippen LogP) is 3.08. The van der Waals surface area contributed by atoms with Gasteiger partial charge in [-0.1, -0.05) is 32.0 Å². The standard InChI is InChI=1S/C16H21N3/c1-10-8-11-6-4-5-7-12(11)18-15(10)19-14-9-13(17)16(14,2)3/h4-8,13-14H,9,17H2,1-3H3,(H,18,19). The van der Waals surface area contributed by atoms with Gasteiger partial charge in [-0.25, -0.2) is 4.98 Å². The molecule has 1 heterocycles. The van der Waals surface area contributed by atoms with E-state index >= 15 is 0 Å². The quantitative estimate of drug-likeness (QED) is 0.867. The first kappa shape index (κ1) is 12.4. The molecule has 3 nitrogen and oxygen atoms in total. The maximum atomic E-state index is 6.07. The minimum atomic E-state index is 0.139. The second-order valence-corrected chi connectivity index (χ2v) is 6.21. The van der Waals surface area contributed by atoms with Crippen LogP contribution in [0.5, 0.6) is 0 Å². The lowest BCUT2D eigenvalue weighted by Crippen LogP contribution is -2.61. The first-order valence-electron chi connectivity index (χ1n) is 6.87. The van der Waals surface area contributed by atoms with Crippen molar-refractivity contribution >= 4 is 16.7 Å². The second-order valence-electron chi connectivity index (χ2n) is 6.21. The summed E-state index contributed by atoms with van der Waals surface area (Å²) in [4.78, 5) is 4.74. The van der Waals surface area contributed by atoms with Crippen LogP contribution in [0.2, 0.25) is 0 Å². The minimum absolute atomic E-state index is 0.139. The van der Waals surface area contributed by atoms with Crippen LogP contribution in [-0.4, -0.2) is 17.1 Å². The number of fused-ring (bicyclic) bond motifs is 1. The van der Waals surface area contributed by atoms with E-state index in [4.69, 9.17) is 10.7 Å². The van der Waals surface area contributed by atoms with Gasteiger partial charge in [0, 0.05) is 22.9 Å². The molecule has 2 atom stereocenters. The summed E-state index contributed by atoms with van der Waals surface area (Å²) in [6, 6.07) is 11.1. The number of benzene rings is 1. The predicted molar refractivity (Wildman–Crippen MR) is 80.3 cm³/mol. The van der Waals surface area contributed by atoms with Crippen molar-refractivity contribution in [2.24, 2.45) is 11.1 Å². The van der Waals surface area contributed by atoms with Crippen LogP contribution >= 0.6 is 0 Å². The van der Waals surface area contributed by atoms with Gasteiger partial charge in [0.25, 0.3) is 0 Å². The van der Waals surface area contributed by atoms with E-state index < -0.39 is 0 Å². The molecule has 0 spiro atoms. The number of pyridine rings is 1. The summed E-state index contributed by atoms with van der Waals surface area (Å²) in [6.45, 7) is 6.54. The molecule has 100 valence electrons. The summed E-state index contributed by atoms with van der Waals surface area (Å²) in [6.07, 6.45) is 1.01. The largest absolute Gasteiger partial charge is 0.366 e. The van der Waals surface area contributed by atoms with Crippen LogP contribution in [0.15, 0.2) is 30.3 Å². The number of hydrogen-bond donors (Lipinski definition) is 2. The van der Waals surface area contributed by atoms with Crippen LogP contribution in [0.25, 0.3) is 10.9 Å². The van der Waals surface area contributed by atoms with Gasteiger partial charge < -0.3 is 11.1 Å². The summed E-state index contributed by atoms with van der Waals surface area (Å²) in [7, 11) is 0. The van der Waals surface area contributed by atoms with Crippen LogP contribution < -0.4 is 11.1 Å². The molecule has 3 heteroatoms. The molecule has 1 fully saturated rings. The van der Waals surface area contributed by atoms with Gasteiger partial charge in [-0.2, -0.15) is 0 Å². The Morgan fingerprint density at radius 2 is 2.05 bits per heavy atom. The Bertz CT molecular complexity index is 618. The van der Waals surface area contributed by atoms with E-state index in [0.29, 0.717) is 6.04 Å². The molecule has 0 amide bonds. The summed E-state index contributed by atoms with van der Waals surface area (Å²) in [5.74, 6) is 0.990. The highest BCUT2D eigenvalue weighted by molar-refractivity contribution is 5.81. The first-order valence-corrected chi connectivity index (χ1v) is 6.87. The van der Waals surface area contributed by atoms with E-state index in [1.807, 2.05) is 12.1 Å². The van der Waals surface area contributed by atoms with Crippen molar-refractivity contribution < 1.29 is 0 Å². The maximum absolute atomic E-state index is 6.07. The molecule has 1 aliphatic carbocycles. The van der Waals surface area contributed by atoms with E-state index in [1.54, 1.807) is 0 Å². The molecule has 0 bridgehead atoms. The highest BCUT2D eigenvalue weighted by Gasteiger charge is 2.46. The van der Waals surface area contributed by atoms with Gasteiger partial charge in [-0.05, 0) is 31.0 Å². The van der Waals surface area contributed by atoms with Gasteiger partial charge in [-0.3, -0.25) is 0 Å². The van der Waals surface area contributed by atoms with Gasteiger partial charge >= 0.3 is 0 Å². The fourth-order valence-corrected chi connectivity index (χ4v) is 2.74. The van der Waals surface area contributed by atoms with E-state index in [-0.39, 0.29) is 11.5 Å². The molecule has 2 unspecified atom stereocenters. The molecule has 1 saturated carbocycles. The molecule has 2 aromatic rings. The molecule has 0 aliphatic heterocycles. The monoisotopic (exact) mass is 255 g/mol. The van der Waals surface area contributed by atoms with Crippen LogP contribution in [0.1, 0.15) is 25.8 Å². The Labute approximate surface area is 114 Å². The number of aryl methyl sites for hydroxylation is 1. The lowest BCUT2D eigenvalue weighted by atomic mass is 9.63. The van der Waals surface area contributed by atoms with Crippen molar-refractivity contribution in [2.45, 2.75) is 39.3 Å². The van der Waals surface area contributed by atoms with Crippen LogP contribution in [0.3, 0.4) is 0 Å². The maximum Gasteiger partial charge on any atom is 0.129 e. The van der Waals surface area contributed by atoms with E-state index in [9.17, 15) is 0 Å². The third-order valence-corrected chi connectivity index (χ3v) is 4.57. The molecule has 0 saturated heterocycles. The zero-order chi connectivity index (χ0) is 13.6. The van der Waals surface area contributed by atoms with Crippen molar-refractivity contribution in [3.63, 3.8) is 0 Å². The van der Waals surface area contributed by atoms with Gasteiger partial charge in [0.05, 0.1) is 5.52 Å². The van der Waals surface area contributed by atoms with Gasteiger partial charge in [-0.15, -0.1) is 0 Å². The van der Waals surface area contributed by atoms with Crippen molar-refractivity contribution in [3.05, 3.63) is 35.9 Å². The molecule has 1 aromatic carbocycles. The number of rotatable bonds is 2. The van der Waals surface area contributed by atoms with Gasteiger partial charge in [0.1, 0.15) is 5.82 Å². The number of nitrogens with two attached hydrogens (primary N) is 1. The molecular weight excluding hydrogens is 234 g/mol. The normalized spacial score (nSPS) is 25.1. The minimum Gasteiger partial charge on any atom is -0.366 e. The first-order chi connectivity index (χ1) is 8.98. The van der Waals surface area contributed by atoms with Crippen LogP contribution in [0, 0.1) is 12.3 Å². The average molecular weight is 255 g/mol. The fourth-order valence-electron chi connectivity index (χ4n) is 2.74. The highest BCUT2D eigenvalue weighted by Crippen LogP contribution is 2.41. The number of aromatic nitrogens is 1. The van der Waals surface area contributed by atoms with Gasteiger partial charge in [0.15, 0.2) is 0 Å². The lowest BCUT2D eigenvalue weighted by molar-refractivity contribution is 0.117. The van der Waals surface area contributed by atoms with Gasteiger partial charge in [0.2, 0.25) is 0 Å². The summed E-state index contributed by atoms with van der Waals surface area (Å²) in [5.41, 5.74) is 8.44. The molecule has 19 heavy (non-hydrogen) atoms. The number of hydrogen-bond acceptors (Lipinski definition) is 3. The summed E-state index contributed by atoms with van der Waals surface area (Å²) < 4.78 is 0. The van der Waals surface area contributed by atoms with Crippen molar-refractivity contribution in [1.29, 1.82) is 0 Å². The Morgan fingerprint density at radius 3 is 2.74 bits per heavy atom. The smallest absolute Gasteiger partial charge is 0.129 e. The average Bonchev–Trinajstić information content (AvgIpc) is 2.39. The van der Waals surface area contributed by atoms with Crippen molar-refractivity contribution in [2.75, 3.05) is 5.32 Å². The number of nitrogens with zero attached hydrogens (tertiary/aromatic N) is 1. The Morgan fingerprint density at radius 1 is 1.32 bits per heavy atom. The molecule has 3 rings (SSSR count). The SMILES string of the molecule is Cc1cc2ccccc2nc1NC1CC(N)C1(C)C. The number of anilines is 1. The Balaban J connectivity index is 1.91. The summed E-state index contributed by atoms with van der Waals surface area (Å²) >= 11 is 0. The molecule has 3 N–H and O–H groups in total. The van der Waals surface area contributed by atoms with Crippen molar-refractivity contribution in [1.82, 2.24) is 4.98 Å². The zero-order valence-electron chi connectivity index (χ0n) is 11.8. The molecule has 1 aromatic heterocycles. The van der Waals surface area contributed by atoms with E-state index in [2.05, 4.69) is 44.3 Å².